The van der Waals surface area contributed by atoms with Crippen LogP contribution in [0.2, 0.25) is 10.0 Å². The first-order valence-corrected chi connectivity index (χ1v) is 13.8. The number of likely N-dealkylation sites (tertiary alicyclic amines) is 1. The zero-order valence-corrected chi connectivity index (χ0v) is 23.8. The highest BCUT2D eigenvalue weighted by molar-refractivity contribution is 6.40. The molecule has 0 aliphatic carbocycles. The van der Waals surface area contributed by atoms with E-state index in [-0.39, 0.29) is 46.3 Å². The molecule has 0 unspecified atom stereocenters. The summed E-state index contributed by atoms with van der Waals surface area (Å²) >= 11 is 13.0. The number of carbonyl (C=O) groups is 3. The molecule has 2 atom stereocenters. The number of hydrogen-bond acceptors (Lipinski definition) is 7. The third kappa shape index (κ3) is 7.12. The van der Waals surface area contributed by atoms with Crippen molar-refractivity contribution in [3.8, 4) is 11.9 Å². The number of hydrogen-bond donors (Lipinski definition) is 5. The van der Waals surface area contributed by atoms with Gasteiger partial charge >= 0.3 is 5.97 Å². The van der Waals surface area contributed by atoms with Crippen molar-refractivity contribution in [2.45, 2.75) is 31.5 Å². The first-order valence-electron chi connectivity index (χ1n) is 13.0. The number of nitrogens with one attached hydrogen (secondary N) is 2. The zero-order valence-electron chi connectivity index (χ0n) is 22.3. The van der Waals surface area contributed by atoms with Gasteiger partial charge in [0.15, 0.2) is 6.19 Å². The Balaban J connectivity index is 1.47. The van der Waals surface area contributed by atoms with Gasteiger partial charge in [0.05, 0.1) is 28.3 Å². The maximum atomic E-state index is 13.2. The molecule has 0 radical (unpaired) electrons. The van der Waals surface area contributed by atoms with E-state index in [0.29, 0.717) is 42.6 Å². The summed E-state index contributed by atoms with van der Waals surface area (Å²) in [5.74, 6) is -2.31. The number of carboxylic acids is 1. The van der Waals surface area contributed by atoms with E-state index in [2.05, 4.69) is 15.6 Å². The lowest BCUT2D eigenvalue weighted by Gasteiger charge is -2.29. The fourth-order valence-corrected chi connectivity index (χ4v) is 5.50. The number of carboxylic acid groups (broad SMARTS) is 1. The van der Waals surface area contributed by atoms with Crippen LogP contribution in [0.15, 0.2) is 41.4 Å². The van der Waals surface area contributed by atoms with Gasteiger partial charge in [-0.15, -0.1) is 0 Å². The minimum Gasteiger partial charge on any atom is -0.507 e. The fraction of sp³-hybridized carbons (Fsp3) is 0.321. The molecule has 2 heterocycles. The molecule has 14 heteroatoms. The van der Waals surface area contributed by atoms with E-state index in [9.17, 15) is 29.7 Å². The lowest BCUT2D eigenvalue weighted by atomic mass is 9.96. The summed E-state index contributed by atoms with van der Waals surface area (Å²) in [4.78, 5) is 45.3. The van der Waals surface area contributed by atoms with Crippen molar-refractivity contribution in [3.05, 3.63) is 68.7 Å². The first-order chi connectivity index (χ1) is 20.1. The van der Waals surface area contributed by atoms with E-state index in [1.165, 1.54) is 24.3 Å². The Morgan fingerprint density at radius 2 is 1.98 bits per heavy atom. The van der Waals surface area contributed by atoms with Crippen molar-refractivity contribution in [2.24, 2.45) is 4.99 Å². The molecule has 2 amide bonds. The number of para-hydroxylation sites is 1. The number of carbonyl (C=O) groups excluding carboxylic acids is 2. The lowest BCUT2D eigenvalue weighted by Crippen LogP contribution is -2.45. The maximum Gasteiger partial charge on any atom is 0.328 e. The molecule has 1 saturated heterocycles. The predicted octanol–water partition coefficient (Wildman–Crippen LogP) is 1.97. The second kappa shape index (κ2) is 13.6. The molecule has 0 aromatic heterocycles. The molecule has 5 N–H and O–H groups in total. The van der Waals surface area contributed by atoms with Crippen LogP contribution in [0.5, 0.6) is 5.75 Å². The standard InChI is InChI=1S/C28H28Cl2N6O6/c29-20-11-17-13-35(23(39)6-5-16-3-1-2-4-22(16)38)10-8-19(17)25(30)24(20)26(40)34-21(27(41)42)12-32-28(33-15-31)36-9-7-18(37)14-36/h1-6,11,18,21,37-38H,7-10,12-14H2,(H,32,33)(H,34,40)(H,41,42)/b6-5+/t18-,21-/m0/s1. The smallest absolute Gasteiger partial charge is 0.328 e. The van der Waals surface area contributed by atoms with Crippen molar-refractivity contribution in [2.75, 3.05) is 26.2 Å². The monoisotopic (exact) mass is 614 g/mol. The largest absolute Gasteiger partial charge is 0.507 e. The van der Waals surface area contributed by atoms with E-state index in [0.717, 1.165) is 0 Å². The highest BCUT2D eigenvalue weighted by atomic mass is 35.5. The third-order valence-corrected chi connectivity index (χ3v) is 7.66. The number of phenols is 1. The zero-order chi connectivity index (χ0) is 30.4. The molecule has 2 aromatic carbocycles. The fourth-order valence-electron chi connectivity index (χ4n) is 4.74. The quantitative estimate of drug-likeness (QED) is 0.102. The number of amides is 2. The molecular weight excluding hydrogens is 587 g/mol. The number of β-amino-alcohol motifs (C(OH)–C–C–N with tert-alkyl or cyclic N) is 1. The second-order valence-electron chi connectivity index (χ2n) is 9.74. The van der Waals surface area contributed by atoms with Crippen molar-refractivity contribution in [3.63, 3.8) is 0 Å². The molecular formula is C28H28Cl2N6O6. The molecule has 2 aliphatic heterocycles. The number of benzene rings is 2. The molecule has 0 spiro atoms. The number of aliphatic hydroxyl groups excluding tert-OH is 1. The summed E-state index contributed by atoms with van der Waals surface area (Å²) in [5, 5.41) is 43.3. The molecule has 4 rings (SSSR count). The number of phenolic OH excluding ortho intramolecular Hbond substituents is 1. The van der Waals surface area contributed by atoms with Gasteiger partial charge in [0, 0.05) is 37.8 Å². The Kier molecular flexibility index (Phi) is 9.90. The third-order valence-electron chi connectivity index (χ3n) is 6.94. The minimum absolute atomic E-state index is 0.0131. The predicted molar refractivity (Wildman–Crippen MR) is 155 cm³/mol. The van der Waals surface area contributed by atoms with Gasteiger partial charge in [-0.3, -0.25) is 14.9 Å². The number of rotatable bonds is 7. The average Bonchev–Trinajstić information content (AvgIpc) is 3.39. The van der Waals surface area contributed by atoms with Crippen molar-refractivity contribution in [1.29, 1.82) is 5.26 Å². The van der Waals surface area contributed by atoms with Crippen LogP contribution >= 0.6 is 23.2 Å². The number of aromatic hydroxyl groups is 1. The Hall–Kier alpha value is -4.31. The molecule has 12 nitrogen and oxygen atoms in total. The number of halogens is 2. The minimum atomic E-state index is -1.47. The topological polar surface area (TPSA) is 179 Å². The molecule has 220 valence electrons. The van der Waals surface area contributed by atoms with Crippen LogP contribution in [0.3, 0.4) is 0 Å². The Morgan fingerprint density at radius 1 is 1.21 bits per heavy atom. The van der Waals surface area contributed by atoms with Gasteiger partial charge in [-0.25, -0.2) is 9.79 Å². The van der Waals surface area contributed by atoms with Crippen LogP contribution in [0, 0.1) is 11.5 Å². The molecule has 0 saturated carbocycles. The van der Waals surface area contributed by atoms with Crippen LogP contribution < -0.4 is 10.6 Å². The summed E-state index contributed by atoms with van der Waals surface area (Å²) in [6.07, 6.45) is 4.84. The molecule has 2 aliphatic rings. The number of aliphatic hydroxyl groups is 1. The normalized spacial score (nSPS) is 17.5. The van der Waals surface area contributed by atoms with Gasteiger partial charge in [0.25, 0.3) is 5.91 Å². The Morgan fingerprint density at radius 3 is 2.64 bits per heavy atom. The van der Waals surface area contributed by atoms with Gasteiger partial charge in [0.2, 0.25) is 11.9 Å². The maximum absolute atomic E-state index is 13.2. The highest BCUT2D eigenvalue weighted by Crippen LogP contribution is 2.35. The number of aliphatic carboxylic acids is 1. The van der Waals surface area contributed by atoms with Crippen LogP contribution in [-0.4, -0.2) is 87.2 Å². The van der Waals surface area contributed by atoms with Gasteiger partial charge in [0.1, 0.15) is 11.8 Å². The molecule has 0 bridgehead atoms. The first kappa shape index (κ1) is 30.6. The number of aliphatic imine (C=N–C) groups is 1. The molecule has 42 heavy (non-hydrogen) atoms. The van der Waals surface area contributed by atoms with Crippen LogP contribution in [0.25, 0.3) is 6.08 Å². The van der Waals surface area contributed by atoms with E-state index < -0.39 is 30.6 Å². The Bertz CT molecular complexity index is 1490. The summed E-state index contributed by atoms with van der Waals surface area (Å²) < 4.78 is 0. The molecule has 2 aromatic rings. The van der Waals surface area contributed by atoms with Gasteiger partial charge in [-0.2, -0.15) is 5.26 Å². The van der Waals surface area contributed by atoms with E-state index >= 15 is 0 Å². The lowest BCUT2D eigenvalue weighted by molar-refractivity contribution is -0.139. The van der Waals surface area contributed by atoms with Gasteiger partial charge in [-0.05, 0) is 42.2 Å². The summed E-state index contributed by atoms with van der Waals surface area (Å²) in [7, 11) is 0. The van der Waals surface area contributed by atoms with Crippen LogP contribution in [0.1, 0.15) is 33.5 Å². The molecule has 1 fully saturated rings. The van der Waals surface area contributed by atoms with Crippen molar-refractivity contribution in [1.82, 2.24) is 20.4 Å². The summed E-state index contributed by atoms with van der Waals surface area (Å²) in [6.45, 7) is 0.755. The van der Waals surface area contributed by atoms with Crippen molar-refractivity contribution < 1.29 is 29.7 Å². The number of nitrogens with zero attached hydrogens (tertiary/aromatic N) is 4. The summed E-state index contributed by atoms with van der Waals surface area (Å²) in [6, 6.07) is 6.70. The van der Waals surface area contributed by atoms with E-state index in [1.807, 2.05) is 0 Å². The number of guanidine groups is 1. The SMILES string of the molecule is N#CNC(=NC[C@H](NC(=O)c1c(Cl)cc2c(c1Cl)CCN(C(=O)/C=C/c1ccccc1O)C2)C(=O)O)N1CC[C@H](O)C1. The number of nitriles is 1. The average molecular weight is 615 g/mol. The highest BCUT2D eigenvalue weighted by Gasteiger charge is 2.29. The number of fused-ring (bicyclic) bond motifs is 1. The van der Waals surface area contributed by atoms with Crippen LogP contribution in [0.4, 0.5) is 0 Å². The van der Waals surface area contributed by atoms with Crippen LogP contribution in [-0.2, 0) is 22.6 Å². The summed E-state index contributed by atoms with van der Waals surface area (Å²) in [5.41, 5.74) is 1.68. The van der Waals surface area contributed by atoms with Crippen molar-refractivity contribution >= 4 is 53.0 Å². The van der Waals surface area contributed by atoms with Gasteiger partial charge < -0.3 is 30.4 Å². The Labute approximate surface area is 251 Å². The van der Waals surface area contributed by atoms with Gasteiger partial charge in [-0.1, -0.05) is 41.4 Å². The van der Waals surface area contributed by atoms with E-state index in [4.69, 9.17) is 28.5 Å². The second-order valence-corrected chi connectivity index (χ2v) is 10.5. The van der Waals surface area contributed by atoms with E-state index in [1.54, 1.807) is 34.2 Å².